The van der Waals surface area contributed by atoms with E-state index in [1.165, 1.54) is 11.3 Å². The number of ether oxygens (including phenoxy) is 2. The van der Waals surface area contributed by atoms with Crippen molar-refractivity contribution in [3.63, 3.8) is 0 Å². The second kappa shape index (κ2) is 8.43. The van der Waals surface area contributed by atoms with Crippen LogP contribution in [0, 0.1) is 12.8 Å². The van der Waals surface area contributed by atoms with Crippen molar-refractivity contribution in [1.29, 1.82) is 0 Å². The lowest BCUT2D eigenvalue weighted by Gasteiger charge is -2.49. The molecule has 6 heterocycles. The quantitative estimate of drug-likeness (QED) is 0.621. The van der Waals surface area contributed by atoms with Crippen LogP contribution in [0.1, 0.15) is 40.6 Å². The zero-order valence-electron chi connectivity index (χ0n) is 18.5. The van der Waals surface area contributed by atoms with Crippen molar-refractivity contribution in [1.82, 2.24) is 20.2 Å². The molecule has 7 rings (SSSR count). The van der Waals surface area contributed by atoms with E-state index in [0.29, 0.717) is 41.5 Å². The summed E-state index contributed by atoms with van der Waals surface area (Å²) in [7, 11) is 0. The number of hydrogen-bond acceptors (Lipinski definition) is 7. The zero-order valence-corrected chi connectivity index (χ0v) is 19.3. The summed E-state index contributed by atoms with van der Waals surface area (Å²) in [6, 6.07) is 12.1. The predicted molar refractivity (Wildman–Crippen MR) is 126 cm³/mol. The molecule has 2 aromatic heterocycles. The first-order valence-corrected chi connectivity index (χ1v) is 12.3. The Hall–Kier alpha value is -2.97. The maximum atomic E-state index is 12.7. The molecule has 8 heteroatoms. The highest BCUT2D eigenvalue weighted by Crippen LogP contribution is 2.42. The monoisotopic (exact) mass is 462 g/mol. The van der Waals surface area contributed by atoms with Crippen molar-refractivity contribution in [2.24, 2.45) is 5.92 Å². The molecule has 2 bridgehead atoms. The molecule has 0 spiro atoms. The summed E-state index contributed by atoms with van der Waals surface area (Å²) in [6.45, 7) is 4.90. The number of aromatic nitrogens is 2. The van der Waals surface area contributed by atoms with Crippen LogP contribution in [0.2, 0.25) is 0 Å². The Morgan fingerprint density at radius 1 is 1.21 bits per heavy atom. The molecule has 1 aromatic carbocycles. The summed E-state index contributed by atoms with van der Waals surface area (Å²) in [5, 5.41) is 5.22. The third-order valence-corrected chi connectivity index (χ3v) is 7.92. The Morgan fingerprint density at radius 3 is 2.94 bits per heavy atom. The molecule has 0 aliphatic carbocycles. The molecular formula is C25H26N4O3S. The standard InChI is InChI=1S/C25H26N4O3S/c1-15-27-20(11-21(28-15)24-3-2-8-33-24)19-13-29-7-6-16(19)9-18(29)12-26-25(30)17-4-5-22-23(10-17)32-14-31-22/h2-5,8,10-11,16,18-19H,6-7,9,12-14H2,1H3,(H,26,30)/t16-,18+,19+/m0/s1. The average molecular weight is 463 g/mol. The van der Waals surface area contributed by atoms with Crippen LogP contribution < -0.4 is 14.8 Å². The van der Waals surface area contributed by atoms with Crippen LogP contribution in [0.4, 0.5) is 0 Å². The third-order valence-electron chi connectivity index (χ3n) is 7.02. The Labute approximate surface area is 196 Å². The van der Waals surface area contributed by atoms with Crippen LogP contribution in [0.15, 0.2) is 41.8 Å². The predicted octanol–water partition coefficient (Wildman–Crippen LogP) is 3.85. The van der Waals surface area contributed by atoms with E-state index in [1.54, 1.807) is 29.5 Å². The lowest BCUT2D eigenvalue weighted by atomic mass is 9.74. The number of hydrogen-bond donors (Lipinski definition) is 1. The number of nitrogens with one attached hydrogen (secondary N) is 1. The van der Waals surface area contributed by atoms with Gasteiger partial charge in [-0.05, 0) is 67.9 Å². The zero-order chi connectivity index (χ0) is 22.4. The van der Waals surface area contributed by atoms with Crippen LogP contribution in [0.3, 0.4) is 0 Å². The lowest BCUT2D eigenvalue weighted by Crippen LogP contribution is -2.56. The highest BCUT2D eigenvalue weighted by Gasteiger charge is 2.41. The highest BCUT2D eigenvalue weighted by atomic mass is 32.1. The first-order valence-electron chi connectivity index (χ1n) is 11.5. The average Bonchev–Trinajstić information content (AvgIpc) is 3.54. The molecule has 170 valence electrons. The van der Waals surface area contributed by atoms with Crippen molar-refractivity contribution >= 4 is 17.2 Å². The van der Waals surface area contributed by atoms with Gasteiger partial charge in [-0.15, -0.1) is 11.3 Å². The third kappa shape index (κ3) is 3.98. The maximum Gasteiger partial charge on any atom is 0.251 e. The second-order valence-electron chi connectivity index (χ2n) is 9.02. The molecule has 7 nitrogen and oxygen atoms in total. The van der Waals surface area contributed by atoms with Crippen LogP contribution in [-0.2, 0) is 0 Å². The molecule has 0 saturated carbocycles. The minimum atomic E-state index is -0.0699. The molecule has 1 unspecified atom stereocenters. The number of benzene rings is 1. The molecule has 4 aliphatic heterocycles. The molecule has 4 atom stereocenters. The number of fused-ring (bicyclic) bond motifs is 4. The first kappa shape index (κ1) is 20.6. The molecule has 3 aromatic rings. The first-order chi connectivity index (χ1) is 16.1. The van der Waals surface area contributed by atoms with Crippen LogP contribution in [0.25, 0.3) is 10.6 Å². The van der Waals surface area contributed by atoms with Gasteiger partial charge in [-0.1, -0.05) is 6.07 Å². The van der Waals surface area contributed by atoms with Gasteiger partial charge >= 0.3 is 0 Å². The van der Waals surface area contributed by atoms with E-state index in [0.717, 1.165) is 36.7 Å². The summed E-state index contributed by atoms with van der Waals surface area (Å²) < 4.78 is 10.7. The molecule has 33 heavy (non-hydrogen) atoms. The Morgan fingerprint density at radius 2 is 2.12 bits per heavy atom. The number of aryl methyl sites for hydroxylation is 1. The molecule has 1 N–H and O–H groups in total. The molecule has 3 saturated heterocycles. The van der Waals surface area contributed by atoms with Gasteiger partial charge in [-0.25, -0.2) is 9.97 Å². The van der Waals surface area contributed by atoms with Crippen LogP contribution in [0.5, 0.6) is 11.5 Å². The Kier molecular flexibility index (Phi) is 5.27. The number of amides is 1. The van der Waals surface area contributed by atoms with E-state index in [2.05, 4.69) is 38.8 Å². The Bertz CT molecular complexity index is 1180. The van der Waals surface area contributed by atoms with Crippen molar-refractivity contribution in [3.8, 4) is 22.1 Å². The van der Waals surface area contributed by atoms with E-state index in [4.69, 9.17) is 14.5 Å². The van der Waals surface area contributed by atoms with Crippen molar-refractivity contribution in [2.75, 3.05) is 26.4 Å². The molecule has 0 radical (unpaired) electrons. The van der Waals surface area contributed by atoms with Crippen LogP contribution in [-0.4, -0.2) is 53.2 Å². The molecular weight excluding hydrogens is 436 g/mol. The van der Waals surface area contributed by atoms with Gasteiger partial charge in [-0.3, -0.25) is 9.69 Å². The number of rotatable bonds is 5. The molecule has 3 fully saturated rings. The number of piperidine rings is 3. The van der Waals surface area contributed by atoms with Gasteiger partial charge in [0.15, 0.2) is 11.5 Å². The lowest BCUT2D eigenvalue weighted by molar-refractivity contribution is 0.0290. The molecule has 4 aliphatic rings. The van der Waals surface area contributed by atoms with E-state index in [1.807, 2.05) is 6.92 Å². The van der Waals surface area contributed by atoms with Gasteiger partial charge in [0.25, 0.3) is 5.91 Å². The van der Waals surface area contributed by atoms with E-state index < -0.39 is 0 Å². The van der Waals surface area contributed by atoms with Gasteiger partial charge in [-0.2, -0.15) is 0 Å². The smallest absolute Gasteiger partial charge is 0.251 e. The van der Waals surface area contributed by atoms with Gasteiger partial charge in [0.1, 0.15) is 5.82 Å². The van der Waals surface area contributed by atoms with Gasteiger partial charge in [0.05, 0.1) is 10.6 Å². The largest absolute Gasteiger partial charge is 0.454 e. The summed E-state index contributed by atoms with van der Waals surface area (Å²) >= 11 is 1.71. The fourth-order valence-electron chi connectivity index (χ4n) is 5.37. The summed E-state index contributed by atoms with van der Waals surface area (Å²) in [5.74, 6) is 3.08. The van der Waals surface area contributed by atoms with Crippen molar-refractivity contribution < 1.29 is 14.3 Å². The van der Waals surface area contributed by atoms with Gasteiger partial charge in [0, 0.05) is 36.3 Å². The summed E-state index contributed by atoms with van der Waals surface area (Å²) in [4.78, 5) is 25.9. The minimum absolute atomic E-state index is 0.0699. The second-order valence-corrected chi connectivity index (χ2v) is 9.97. The highest BCUT2D eigenvalue weighted by molar-refractivity contribution is 7.13. The van der Waals surface area contributed by atoms with E-state index in [9.17, 15) is 4.79 Å². The number of nitrogens with zero attached hydrogens (tertiary/aromatic N) is 3. The van der Waals surface area contributed by atoms with E-state index in [-0.39, 0.29) is 12.7 Å². The number of carbonyl (C=O) groups excluding carboxylic acids is 1. The number of thiophene rings is 1. The van der Waals surface area contributed by atoms with Crippen molar-refractivity contribution in [3.05, 3.63) is 58.9 Å². The number of carbonyl (C=O) groups is 1. The SMILES string of the molecule is Cc1nc(-c2cccs2)cc([C@@H]2CN3CC[C@H]2C[C@@H]3CNC(=O)c2ccc3c(c2)OCO3)n1. The maximum absolute atomic E-state index is 12.7. The normalized spacial score (nSPS) is 25.2. The summed E-state index contributed by atoms with van der Waals surface area (Å²) in [5.41, 5.74) is 2.78. The fraction of sp³-hybridized carbons (Fsp3) is 0.400. The topological polar surface area (TPSA) is 76.6 Å². The fourth-order valence-corrected chi connectivity index (χ4v) is 6.05. The van der Waals surface area contributed by atoms with Crippen molar-refractivity contribution in [2.45, 2.75) is 31.7 Å². The van der Waals surface area contributed by atoms with Gasteiger partial charge < -0.3 is 14.8 Å². The Balaban J connectivity index is 1.12. The summed E-state index contributed by atoms with van der Waals surface area (Å²) in [6.07, 6.45) is 2.25. The molecule has 1 amide bonds. The minimum Gasteiger partial charge on any atom is -0.454 e. The van der Waals surface area contributed by atoms with E-state index >= 15 is 0 Å². The van der Waals surface area contributed by atoms with Gasteiger partial charge in [0.2, 0.25) is 6.79 Å². The van der Waals surface area contributed by atoms with Crippen LogP contribution >= 0.6 is 11.3 Å².